The normalized spacial score (nSPS) is 19.2. The van der Waals surface area contributed by atoms with E-state index in [0.717, 1.165) is 36.1 Å². The van der Waals surface area contributed by atoms with Crippen molar-refractivity contribution in [3.63, 3.8) is 0 Å². The number of nitrogens with zero attached hydrogens (tertiary/aromatic N) is 3. The summed E-state index contributed by atoms with van der Waals surface area (Å²) in [7, 11) is 0. The fourth-order valence-corrected chi connectivity index (χ4v) is 5.74. The third-order valence-corrected chi connectivity index (χ3v) is 8.39. The van der Waals surface area contributed by atoms with Gasteiger partial charge in [-0.05, 0) is 75.4 Å². The Labute approximate surface area is 233 Å². The van der Waals surface area contributed by atoms with Crippen molar-refractivity contribution in [1.29, 1.82) is 0 Å². The first kappa shape index (κ1) is 27.7. The molecule has 2 aliphatic heterocycles. The second-order valence-corrected chi connectivity index (χ2v) is 11.1. The topological polar surface area (TPSA) is 98.4 Å². The quantitative estimate of drug-likeness (QED) is 0.496. The summed E-state index contributed by atoms with van der Waals surface area (Å²) in [6, 6.07) is 12.8. The second kappa shape index (κ2) is 11.3. The number of piperazine rings is 1. The van der Waals surface area contributed by atoms with Crippen molar-refractivity contribution in [2.75, 3.05) is 32.7 Å². The van der Waals surface area contributed by atoms with Crippen LogP contribution in [0.1, 0.15) is 56.7 Å². The highest BCUT2D eigenvalue weighted by Gasteiger charge is 2.44. The lowest BCUT2D eigenvalue weighted by atomic mass is 9.87. The summed E-state index contributed by atoms with van der Waals surface area (Å²) in [5.41, 5.74) is 4.21. The Kier molecular flexibility index (Phi) is 7.85. The van der Waals surface area contributed by atoms with Crippen molar-refractivity contribution < 1.29 is 14.0 Å². The van der Waals surface area contributed by atoms with E-state index in [2.05, 4.69) is 39.8 Å². The van der Waals surface area contributed by atoms with Gasteiger partial charge in [0.05, 0.1) is 11.3 Å². The third-order valence-electron chi connectivity index (χ3n) is 8.39. The number of amides is 2. The van der Waals surface area contributed by atoms with E-state index in [9.17, 15) is 18.8 Å². The monoisotopic (exact) mass is 545 g/mol. The maximum absolute atomic E-state index is 14.8. The molecule has 2 N–H and O–H groups in total. The van der Waals surface area contributed by atoms with Gasteiger partial charge in [0, 0.05) is 38.2 Å². The van der Waals surface area contributed by atoms with Crippen LogP contribution >= 0.6 is 0 Å². The van der Waals surface area contributed by atoms with E-state index < -0.39 is 11.4 Å². The molecule has 2 saturated heterocycles. The van der Waals surface area contributed by atoms with Crippen molar-refractivity contribution in [3.8, 4) is 0 Å². The molecular formula is C31H36FN5O3. The summed E-state index contributed by atoms with van der Waals surface area (Å²) < 4.78 is 14.8. The fraction of sp³-hybridized carbons (Fsp3) is 0.419. The highest BCUT2D eigenvalue weighted by Crippen LogP contribution is 2.28. The number of halogens is 1. The number of aromatic amines is 1. The first-order chi connectivity index (χ1) is 19.2. The molecule has 0 spiro atoms. The lowest BCUT2D eigenvalue weighted by molar-refractivity contribution is -0.139. The van der Waals surface area contributed by atoms with Gasteiger partial charge in [0.2, 0.25) is 5.91 Å². The standard InChI is InChI=1S/C31H36FN5O3/c1-20-5-7-23(8-6-20)19-31(11-4-12-33-31)30(40)37-15-13-36(14-16-37)29(39)25-17-24(9-10-26(25)32)18-27-21(2)22(3)28(38)35-34-27/h5-10,17,33H,4,11-16,18-19H2,1-3H3,(H,35,38)/t31-/m1/s1. The smallest absolute Gasteiger partial charge is 0.267 e. The van der Waals surface area contributed by atoms with Crippen LogP contribution in [0.3, 0.4) is 0 Å². The summed E-state index contributed by atoms with van der Waals surface area (Å²) in [5, 5.41) is 10.1. The van der Waals surface area contributed by atoms with Gasteiger partial charge >= 0.3 is 0 Å². The van der Waals surface area contributed by atoms with Gasteiger partial charge in [0.15, 0.2) is 0 Å². The first-order valence-electron chi connectivity index (χ1n) is 13.9. The van der Waals surface area contributed by atoms with E-state index in [1.807, 2.05) is 18.7 Å². The van der Waals surface area contributed by atoms with Gasteiger partial charge in [-0.2, -0.15) is 5.10 Å². The molecule has 1 atom stereocenters. The number of aryl methyl sites for hydroxylation is 1. The molecule has 40 heavy (non-hydrogen) atoms. The molecular weight excluding hydrogens is 509 g/mol. The highest BCUT2D eigenvalue weighted by molar-refractivity contribution is 5.95. The molecule has 9 heteroatoms. The summed E-state index contributed by atoms with van der Waals surface area (Å²) in [6.45, 7) is 7.91. The van der Waals surface area contributed by atoms with Crippen LogP contribution in [-0.4, -0.2) is 70.1 Å². The number of hydrogen-bond acceptors (Lipinski definition) is 5. The van der Waals surface area contributed by atoms with Gasteiger partial charge in [-0.25, -0.2) is 9.49 Å². The SMILES string of the molecule is Cc1ccc(C[C@@]2(C(=O)N3CCN(C(=O)c4cc(Cc5n[nH]c(=O)c(C)c5C)ccc4F)CC3)CCCN2)cc1. The maximum atomic E-state index is 14.8. The summed E-state index contributed by atoms with van der Waals surface area (Å²) in [5.74, 6) is -0.895. The van der Waals surface area contributed by atoms with Crippen molar-refractivity contribution in [2.24, 2.45) is 0 Å². The highest BCUT2D eigenvalue weighted by atomic mass is 19.1. The van der Waals surface area contributed by atoms with Gasteiger partial charge < -0.3 is 15.1 Å². The number of rotatable bonds is 6. The van der Waals surface area contributed by atoms with Gasteiger partial charge in [0.25, 0.3) is 11.5 Å². The number of H-pyrrole nitrogens is 1. The Morgan fingerprint density at radius 1 is 0.950 bits per heavy atom. The van der Waals surface area contributed by atoms with Crippen molar-refractivity contribution in [2.45, 2.75) is 52.0 Å². The molecule has 8 nitrogen and oxygen atoms in total. The molecule has 0 saturated carbocycles. The number of carbonyl (C=O) groups is 2. The minimum absolute atomic E-state index is 0.00405. The Hall–Kier alpha value is -3.85. The Bertz CT molecular complexity index is 1470. The number of nitrogens with one attached hydrogen (secondary N) is 2. The molecule has 1 aromatic heterocycles. The Balaban J connectivity index is 1.26. The zero-order valence-electron chi connectivity index (χ0n) is 23.3. The average molecular weight is 546 g/mol. The van der Waals surface area contributed by atoms with Gasteiger partial charge in [-0.15, -0.1) is 0 Å². The molecule has 0 aliphatic carbocycles. The van der Waals surface area contributed by atoms with E-state index in [-0.39, 0.29) is 22.9 Å². The molecule has 2 aliphatic rings. The largest absolute Gasteiger partial charge is 0.338 e. The third kappa shape index (κ3) is 5.56. The van der Waals surface area contributed by atoms with Crippen LogP contribution in [0.25, 0.3) is 0 Å². The molecule has 0 bridgehead atoms. The molecule has 2 fully saturated rings. The molecule has 210 valence electrons. The molecule has 5 rings (SSSR count). The minimum atomic E-state index is -0.631. The van der Waals surface area contributed by atoms with Crippen LogP contribution in [0.4, 0.5) is 4.39 Å². The van der Waals surface area contributed by atoms with E-state index in [0.29, 0.717) is 50.3 Å². The zero-order chi connectivity index (χ0) is 28.4. The lowest BCUT2D eigenvalue weighted by Gasteiger charge is -2.40. The Morgan fingerprint density at radius 2 is 1.62 bits per heavy atom. The molecule has 3 aromatic rings. The number of carbonyl (C=O) groups excluding carboxylic acids is 2. The van der Waals surface area contributed by atoms with Crippen LogP contribution < -0.4 is 10.9 Å². The molecule has 0 unspecified atom stereocenters. The summed E-state index contributed by atoms with van der Waals surface area (Å²) >= 11 is 0. The van der Waals surface area contributed by atoms with Gasteiger partial charge in [-0.3, -0.25) is 14.4 Å². The van der Waals surface area contributed by atoms with Crippen molar-refractivity contribution in [1.82, 2.24) is 25.3 Å². The van der Waals surface area contributed by atoms with Crippen LogP contribution in [0.2, 0.25) is 0 Å². The fourth-order valence-electron chi connectivity index (χ4n) is 5.74. The van der Waals surface area contributed by atoms with Gasteiger partial charge in [-0.1, -0.05) is 35.9 Å². The molecule has 2 aromatic carbocycles. The van der Waals surface area contributed by atoms with E-state index in [1.165, 1.54) is 11.6 Å². The van der Waals surface area contributed by atoms with Crippen LogP contribution in [0.15, 0.2) is 47.3 Å². The van der Waals surface area contributed by atoms with Crippen LogP contribution in [0.5, 0.6) is 0 Å². The van der Waals surface area contributed by atoms with Crippen LogP contribution in [-0.2, 0) is 17.6 Å². The summed E-state index contributed by atoms with van der Waals surface area (Å²) in [6.07, 6.45) is 2.72. The lowest BCUT2D eigenvalue weighted by Crippen LogP contribution is -2.60. The summed E-state index contributed by atoms with van der Waals surface area (Å²) in [4.78, 5) is 42.4. The predicted molar refractivity (Wildman–Crippen MR) is 151 cm³/mol. The Morgan fingerprint density at radius 3 is 2.30 bits per heavy atom. The van der Waals surface area contributed by atoms with E-state index in [4.69, 9.17) is 0 Å². The number of benzene rings is 2. The molecule has 0 radical (unpaired) electrons. The zero-order valence-corrected chi connectivity index (χ0v) is 23.3. The van der Waals surface area contributed by atoms with Crippen molar-refractivity contribution in [3.05, 3.63) is 97.7 Å². The molecule has 3 heterocycles. The maximum Gasteiger partial charge on any atom is 0.267 e. The average Bonchev–Trinajstić information content (AvgIpc) is 3.44. The van der Waals surface area contributed by atoms with Crippen LogP contribution in [0, 0.1) is 26.6 Å². The minimum Gasteiger partial charge on any atom is -0.338 e. The number of hydrogen-bond donors (Lipinski definition) is 2. The number of aromatic nitrogens is 2. The molecule has 2 amide bonds. The first-order valence-corrected chi connectivity index (χ1v) is 13.9. The van der Waals surface area contributed by atoms with E-state index in [1.54, 1.807) is 24.0 Å². The van der Waals surface area contributed by atoms with Crippen molar-refractivity contribution >= 4 is 11.8 Å². The predicted octanol–water partition coefficient (Wildman–Crippen LogP) is 3.07. The van der Waals surface area contributed by atoms with Gasteiger partial charge in [0.1, 0.15) is 11.4 Å². The second-order valence-electron chi connectivity index (χ2n) is 11.1. The van der Waals surface area contributed by atoms with E-state index >= 15 is 0 Å².